The second kappa shape index (κ2) is 11.7. The molecule has 1 amide bonds. The molecule has 0 aliphatic heterocycles. The maximum Gasteiger partial charge on any atom is 0.255 e. The SMILES string of the molecule is CCCCCCNCc1cc(Cl)ccc1OCC(N)=O.Cl. The zero-order valence-electron chi connectivity index (χ0n) is 12.4. The summed E-state index contributed by atoms with van der Waals surface area (Å²) >= 11 is 5.99. The second-order valence-electron chi connectivity index (χ2n) is 4.74. The highest BCUT2D eigenvalue weighted by molar-refractivity contribution is 6.30. The van der Waals surface area contributed by atoms with Crippen LogP contribution in [0.25, 0.3) is 0 Å². The fourth-order valence-corrected chi connectivity index (χ4v) is 2.07. The number of carbonyl (C=O) groups excluding carboxylic acids is 1. The van der Waals surface area contributed by atoms with Gasteiger partial charge in [0.15, 0.2) is 6.61 Å². The van der Waals surface area contributed by atoms with Gasteiger partial charge in [0.25, 0.3) is 5.91 Å². The molecule has 0 atom stereocenters. The molecular formula is C15H24Cl2N2O2. The number of hydrogen-bond acceptors (Lipinski definition) is 3. The first-order valence-electron chi connectivity index (χ1n) is 7.03. The lowest BCUT2D eigenvalue weighted by molar-refractivity contribution is -0.119. The highest BCUT2D eigenvalue weighted by Gasteiger charge is 2.06. The van der Waals surface area contributed by atoms with Crippen molar-refractivity contribution < 1.29 is 9.53 Å². The van der Waals surface area contributed by atoms with Crippen LogP contribution in [0.1, 0.15) is 38.2 Å². The lowest BCUT2D eigenvalue weighted by atomic mass is 10.2. The van der Waals surface area contributed by atoms with Crippen molar-refractivity contribution in [1.82, 2.24) is 5.32 Å². The number of rotatable bonds is 10. The fourth-order valence-electron chi connectivity index (χ4n) is 1.88. The fraction of sp³-hybridized carbons (Fsp3) is 0.533. The zero-order valence-corrected chi connectivity index (χ0v) is 13.9. The van der Waals surface area contributed by atoms with Gasteiger partial charge in [0.2, 0.25) is 0 Å². The highest BCUT2D eigenvalue weighted by Crippen LogP contribution is 2.22. The van der Waals surface area contributed by atoms with Gasteiger partial charge in [-0.1, -0.05) is 37.8 Å². The molecule has 21 heavy (non-hydrogen) atoms. The molecular weight excluding hydrogens is 311 g/mol. The minimum absolute atomic E-state index is 0. The Morgan fingerprint density at radius 3 is 2.76 bits per heavy atom. The van der Waals surface area contributed by atoms with E-state index in [4.69, 9.17) is 22.1 Å². The van der Waals surface area contributed by atoms with E-state index in [0.717, 1.165) is 18.5 Å². The maximum atomic E-state index is 10.8. The van der Waals surface area contributed by atoms with E-state index in [1.165, 1.54) is 19.3 Å². The lowest BCUT2D eigenvalue weighted by Crippen LogP contribution is -2.21. The van der Waals surface area contributed by atoms with Gasteiger partial charge in [-0.2, -0.15) is 0 Å². The highest BCUT2D eigenvalue weighted by atomic mass is 35.5. The van der Waals surface area contributed by atoms with E-state index in [1.54, 1.807) is 12.1 Å². The molecule has 4 nitrogen and oxygen atoms in total. The first-order chi connectivity index (χ1) is 9.63. The van der Waals surface area contributed by atoms with Crippen LogP contribution in [-0.4, -0.2) is 19.1 Å². The predicted octanol–water partition coefficient (Wildman–Crippen LogP) is 3.30. The number of primary amides is 1. The molecule has 0 unspecified atom stereocenters. The topological polar surface area (TPSA) is 64.3 Å². The van der Waals surface area contributed by atoms with Gasteiger partial charge in [0.1, 0.15) is 5.75 Å². The summed E-state index contributed by atoms with van der Waals surface area (Å²) in [5.41, 5.74) is 6.02. The summed E-state index contributed by atoms with van der Waals surface area (Å²) in [6.07, 6.45) is 4.90. The van der Waals surface area contributed by atoms with Crippen LogP contribution in [0, 0.1) is 0 Å². The van der Waals surface area contributed by atoms with Crippen LogP contribution >= 0.6 is 24.0 Å². The lowest BCUT2D eigenvalue weighted by Gasteiger charge is -2.11. The minimum atomic E-state index is -0.488. The third kappa shape index (κ3) is 8.81. The number of nitrogens with two attached hydrogens (primary N) is 1. The molecule has 0 aliphatic rings. The average molecular weight is 335 g/mol. The van der Waals surface area contributed by atoms with Gasteiger partial charge in [0, 0.05) is 17.1 Å². The van der Waals surface area contributed by atoms with Gasteiger partial charge in [-0.25, -0.2) is 0 Å². The predicted molar refractivity (Wildman–Crippen MR) is 89.2 cm³/mol. The number of benzene rings is 1. The van der Waals surface area contributed by atoms with Gasteiger partial charge < -0.3 is 15.8 Å². The number of unbranched alkanes of at least 4 members (excludes halogenated alkanes) is 3. The van der Waals surface area contributed by atoms with Crippen LogP contribution in [0.15, 0.2) is 18.2 Å². The Morgan fingerprint density at radius 2 is 2.10 bits per heavy atom. The van der Waals surface area contributed by atoms with Crippen LogP contribution in [0.3, 0.4) is 0 Å². The molecule has 1 aromatic carbocycles. The van der Waals surface area contributed by atoms with E-state index >= 15 is 0 Å². The molecule has 0 radical (unpaired) electrons. The smallest absolute Gasteiger partial charge is 0.255 e. The van der Waals surface area contributed by atoms with Crippen molar-refractivity contribution in [3.63, 3.8) is 0 Å². The third-order valence-electron chi connectivity index (χ3n) is 2.92. The molecule has 0 saturated heterocycles. The molecule has 0 aliphatic carbocycles. The Bertz CT molecular complexity index is 428. The van der Waals surface area contributed by atoms with Crippen LogP contribution in [0.4, 0.5) is 0 Å². The number of nitrogens with one attached hydrogen (secondary N) is 1. The summed E-state index contributed by atoms with van der Waals surface area (Å²) in [7, 11) is 0. The molecule has 0 bridgehead atoms. The van der Waals surface area contributed by atoms with E-state index < -0.39 is 5.91 Å². The molecule has 0 fully saturated rings. The molecule has 1 aromatic rings. The van der Waals surface area contributed by atoms with Crippen LogP contribution in [0.2, 0.25) is 5.02 Å². The standard InChI is InChI=1S/C15H23ClN2O2.ClH/c1-2-3-4-5-8-18-10-12-9-13(16)6-7-14(12)20-11-15(17)19;/h6-7,9,18H,2-5,8,10-11H2,1H3,(H2,17,19);1H. The van der Waals surface area contributed by atoms with Gasteiger partial charge in [-0.3, -0.25) is 4.79 Å². The Kier molecular flexibility index (Phi) is 11.1. The Balaban J connectivity index is 0.00000400. The van der Waals surface area contributed by atoms with Crippen molar-refractivity contribution in [2.75, 3.05) is 13.2 Å². The summed E-state index contributed by atoms with van der Waals surface area (Å²) in [6, 6.07) is 5.35. The first kappa shape index (κ1) is 20.0. The monoisotopic (exact) mass is 334 g/mol. The van der Waals surface area contributed by atoms with Crippen molar-refractivity contribution in [2.24, 2.45) is 5.73 Å². The zero-order chi connectivity index (χ0) is 14.8. The summed E-state index contributed by atoms with van der Waals surface area (Å²) in [4.78, 5) is 10.8. The molecule has 0 spiro atoms. The van der Waals surface area contributed by atoms with Gasteiger partial charge >= 0.3 is 0 Å². The molecule has 0 aromatic heterocycles. The van der Waals surface area contributed by atoms with Crippen molar-refractivity contribution >= 4 is 29.9 Å². The summed E-state index contributed by atoms with van der Waals surface area (Å²) in [5.74, 6) is 0.160. The quantitative estimate of drug-likeness (QED) is 0.645. The molecule has 1 rings (SSSR count). The van der Waals surface area contributed by atoms with Crippen LogP contribution < -0.4 is 15.8 Å². The van der Waals surface area contributed by atoms with Crippen LogP contribution in [-0.2, 0) is 11.3 Å². The van der Waals surface area contributed by atoms with Crippen molar-refractivity contribution in [3.05, 3.63) is 28.8 Å². The van der Waals surface area contributed by atoms with E-state index in [0.29, 0.717) is 17.3 Å². The van der Waals surface area contributed by atoms with Gasteiger partial charge in [0.05, 0.1) is 0 Å². The summed E-state index contributed by atoms with van der Waals surface area (Å²) in [5, 5.41) is 4.01. The first-order valence-corrected chi connectivity index (χ1v) is 7.41. The second-order valence-corrected chi connectivity index (χ2v) is 5.18. The molecule has 0 saturated carbocycles. The Morgan fingerprint density at radius 1 is 1.33 bits per heavy atom. The number of amides is 1. The van der Waals surface area contributed by atoms with Crippen molar-refractivity contribution in [2.45, 2.75) is 39.2 Å². The van der Waals surface area contributed by atoms with E-state index in [2.05, 4.69) is 12.2 Å². The molecule has 6 heteroatoms. The number of hydrogen-bond donors (Lipinski definition) is 2. The minimum Gasteiger partial charge on any atom is -0.483 e. The van der Waals surface area contributed by atoms with Crippen LogP contribution in [0.5, 0.6) is 5.75 Å². The molecule has 120 valence electrons. The largest absolute Gasteiger partial charge is 0.483 e. The van der Waals surface area contributed by atoms with Gasteiger partial charge in [-0.15, -0.1) is 12.4 Å². The Hall–Kier alpha value is -0.970. The van der Waals surface area contributed by atoms with E-state index in [1.807, 2.05) is 6.07 Å². The Labute approximate surface area is 137 Å². The van der Waals surface area contributed by atoms with E-state index in [9.17, 15) is 4.79 Å². The van der Waals surface area contributed by atoms with Crippen molar-refractivity contribution in [1.29, 1.82) is 0 Å². The van der Waals surface area contributed by atoms with E-state index in [-0.39, 0.29) is 19.0 Å². The number of ether oxygens (including phenoxy) is 1. The third-order valence-corrected chi connectivity index (χ3v) is 3.15. The number of carbonyl (C=O) groups is 1. The summed E-state index contributed by atoms with van der Waals surface area (Å²) < 4.78 is 5.38. The van der Waals surface area contributed by atoms with Crippen molar-refractivity contribution in [3.8, 4) is 5.75 Å². The molecule has 0 heterocycles. The maximum absolute atomic E-state index is 10.8. The average Bonchev–Trinajstić information content (AvgIpc) is 2.41. The van der Waals surface area contributed by atoms with Gasteiger partial charge in [-0.05, 0) is 31.2 Å². The normalized spacial score (nSPS) is 10.0. The molecule has 3 N–H and O–H groups in total. The summed E-state index contributed by atoms with van der Waals surface area (Å²) in [6.45, 7) is 3.70. The number of halogens is 2.